The van der Waals surface area contributed by atoms with E-state index in [0.29, 0.717) is 11.1 Å². The zero-order chi connectivity index (χ0) is 57.0. The molecule has 0 aromatic heterocycles. The van der Waals surface area contributed by atoms with Gasteiger partial charge in [0.25, 0.3) is 0 Å². The first-order chi connectivity index (χ1) is 35.5. The van der Waals surface area contributed by atoms with Crippen molar-refractivity contribution < 1.29 is 22.0 Å². The average Bonchev–Trinajstić information content (AvgIpc) is 3.75. The number of alkyl halides is 3. The second-order valence-corrected chi connectivity index (χ2v) is 30.7. The lowest BCUT2D eigenvalue weighted by Crippen LogP contribution is -2.43. The molecule has 1 aliphatic heterocycles. The van der Waals surface area contributed by atoms with E-state index >= 15 is 0 Å². The fraction of sp³-hybridized carbons (Fsp3) is 0.371. The number of nitrogens with zero attached hydrogens (tertiary/aromatic N) is 2. The maximum Gasteiger partial charge on any atom is 0.417 e. The van der Waals surface area contributed by atoms with Gasteiger partial charge in [-0.25, -0.2) is 4.99 Å². The summed E-state index contributed by atoms with van der Waals surface area (Å²) in [5.41, 5.74) is 17.1. The van der Waals surface area contributed by atoms with Crippen molar-refractivity contribution in [3.8, 4) is 33.8 Å². The summed E-state index contributed by atoms with van der Waals surface area (Å²) in [5, 5.41) is 0. The van der Waals surface area contributed by atoms with Crippen molar-refractivity contribution in [2.24, 2.45) is 9.98 Å². The zero-order valence-electron chi connectivity index (χ0n) is 49.3. The maximum atomic E-state index is 13.1. The van der Waals surface area contributed by atoms with Crippen LogP contribution in [-0.4, -0.2) is 34.7 Å². The highest BCUT2D eigenvalue weighted by Crippen LogP contribution is 2.39. The van der Waals surface area contributed by atoms with Crippen molar-refractivity contribution >= 4 is 28.2 Å². The van der Waals surface area contributed by atoms with E-state index in [1.165, 1.54) is 73.8 Å². The van der Waals surface area contributed by atoms with E-state index in [1.54, 1.807) is 25.1 Å². The summed E-state index contributed by atoms with van der Waals surface area (Å²) < 4.78 is 51.3. The van der Waals surface area contributed by atoms with Crippen LogP contribution in [0.1, 0.15) is 117 Å². The van der Waals surface area contributed by atoms with Crippen LogP contribution in [0.15, 0.2) is 156 Å². The first kappa shape index (κ1) is 72.9. The number of benzene rings is 7. The highest BCUT2D eigenvalue weighted by atomic mass is 28.4. The molecule has 1 aliphatic rings. The molecule has 1 heterocycles. The SMILES string of the molecule is C.C.C.CC1=NC(C)=NC1.CC[Si](C)(C)O[Si](C)(C)CC.Cc1ccc(-c2ccc(C)c(C)c2)cc1C.Cc1ccc(-c2ccc(C)cc2C(F)(F)F)c(C)c1.Cc1ccc(C)cc1.Cc1ccc(Oc2ccc(C)cc2)cc1. The summed E-state index contributed by atoms with van der Waals surface area (Å²) >= 11 is 0. The molecule has 79 heavy (non-hydrogen) atoms. The molecule has 7 aromatic carbocycles. The van der Waals surface area contributed by atoms with E-state index in [9.17, 15) is 13.2 Å². The number of hydrogen-bond acceptors (Lipinski definition) is 4. The maximum absolute atomic E-state index is 13.1. The third-order valence-electron chi connectivity index (χ3n) is 13.1. The molecule has 0 saturated heterocycles. The van der Waals surface area contributed by atoms with Crippen molar-refractivity contribution in [3.05, 3.63) is 212 Å². The molecule has 0 N–H and O–H groups in total. The van der Waals surface area contributed by atoms with Gasteiger partial charge in [-0.15, -0.1) is 0 Å². The van der Waals surface area contributed by atoms with Gasteiger partial charge in [0.05, 0.1) is 12.1 Å². The Bertz CT molecular complexity index is 2850. The van der Waals surface area contributed by atoms with Crippen LogP contribution in [0, 0.1) is 76.2 Å². The molecule has 0 amide bonds. The Morgan fingerprint density at radius 3 is 1.08 bits per heavy atom. The van der Waals surface area contributed by atoms with Crippen molar-refractivity contribution in [3.63, 3.8) is 0 Å². The molecular formula is C70H99F3N2O2Si2. The Morgan fingerprint density at radius 2 is 0.772 bits per heavy atom. The number of rotatable bonds is 8. The highest BCUT2D eigenvalue weighted by molar-refractivity contribution is 6.84. The Kier molecular flexibility index (Phi) is 31.5. The quantitative estimate of drug-likeness (QED) is 0.142. The molecule has 9 heteroatoms. The number of aryl methyl sites for hydroxylation is 11. The molecule has 430 valence electrons. The lowest BCUT2D eigenvalue weighted by atomic mass is 9.93. The van der Waals surface area contributed by atoms with Gasteiger partial charge in [0.1, 0.15) is 17.3 Å². The van der Waals surface area contributed by atoms with Crippen molar-refractivity contribution in [1.29, 1.82) is 0 Å². The number of amidine groups is 1. The van der Waals surface area contributed by atoms with Crippen LogP contribution in [0.2, 0.25) is 38.3 Å². The van der Waals surface area contributed by atoms with E-state index < -0.39 is 28.4 Å². The molecule has 4 nitrogen and oxygen atoms in total. The Morgan fingerprint density at radius 1 is 0.418 bits per heavy atom. The van der Waals surface area contributed by atoms with Gasteiger partial charge in [-0.2, -0.15) is 13.2 Å². The van der Waals surface area contributed by atoms with E-state index in [0.717, 1.165) is 40.7 Å². The van der Waals surface area contributed by atoms with Gasteiger partial charge in [0, 0.05) is 5.71 Å². The minimum absolute atomic E-state index is 0. The third-order valence-corrected chi connectivity index (χ3v) is 21.0. The molecule has 0 spiro atoms. The van der Waals surface area contributed by atoms with E-state index in [2.05, 4.69) is 166 Å². The molecule has 0 radical (unpaired) electrons. The molecule has 0 fully saturated rings. The van der Waals surface area contributed by atoms with E-state index in [-0.39, 0.29) is 27.8 Å². The molecule has 0 unspecified atom stereocenters. The van der Waals surface area contributed by atoms with Crippen molar-refractivity contribution in [1.82, 2.24) is 0 Å². The average molecular weight is 1110 g/mol. The summed E-state index contributed by atoms with van der Waals surface area (Å²) in [6, 6.07) is 50.3. The Balaban J connectivity index is 0.000000944. The summed E-state index contributed by atoms with van der Waals surface area (Å²) in [6.07, 6.45) is -4.33. The molecule has 0 aliphatic carbocycles. The number of hydrogen-bond donors (Lipinski definition) is 0. The van der Waals surface area contributed by atoms with Gasteiger partial charge in [0.2, 0.25) is 0 Å². The normalized spacial score (nSPS) is 11.4. The minimum atomic E-state index is -4.33. The van der Waals surface area contributed by atoms with E-state index in [4.69, 9.17) is 8.85 Å². The van der Waals surface area contributed by atoms with Crippen molar-refractivity contribution in [2.45, 2.75) is 171 Å². The van der Waals surface area contributed by atoms with Crippen LogP contribution in [0.25, 0.3) is 22.3 Å². The van der Waals surface area contributed by atoms with Gasteiger partial charge in [0.15, 0.2) is 16.6 Å². The number of halogens is 3. The Labute approximate surface area is 481 Å². The predicted molar refractivity (Wildman–Crippen MR) is 349 cm³/mol. The van der Waals surface area contributed by atoms with Gasteiger partial charge < -0.3 is 8.85 Å². The first-order valence-electron chi connectivity index (χ1n) is 26.5. The number of ether oxygens (including phenoxy) is 1. The van der Waals surface area contributed by atoms with Crippen LogP contribution in [0.5, 0.6) is 11.5 Å². The van der Waals surface area contributed by atoms with Gasteiger partial charge in [-0.05, 0) is 209 Å². The van der Waals surface area contributed by atoms with Gasteiger partial charge in [-0.3, -0.25) is 4.99 Å². The molecule has 0 atom stereocenters. The fourth-order valence-corrected chi connectivity index (χ4v) is 14.7. The monoisotopic (exact) mass is 1110 g/mol. The van der Waals surface area contributed by atoms with Crippen LogP contribution in [-0.2, 0) is 10.3 Å². The van der Waals surface area contributed by atoms with Crippen LogP contribution < -0.4 is 4.74 Å². The summed E-state index contributed by atoms with van der Waals surface area (Å²) in [6.45, 7) is 40.9. The van der Waals surface area contributed by atoms with E-state index in [1.807, 2.05) is 88.4 Å². The Hall–Kier alpha value is -6.14. The summed E-state index contributed by atoms with van der Waals surface area (Å²) in [4.78, 5) is 8.09. The highest BCUT2D eigenvalue weighted by Gasteiger charge is 2.34. The van der Waals surface area contributed by atoms with Gasteiger partial charge in [-0.1, -0.05) is 185 Å². The molecule has 7 aromatic rings. The van der Waals surface area contributed by atoms with Crippen LogP contribution in [0.4, 0.5) is 13.2 Å². The second-order valence-electron chi connectivity index (χ2n) is 21.4. The van der Waals surface area contributed by atoms with Crippen LogP contribution in [0.3, 0.4) is 0 Å². The smallest absolute Gasteiger partial charge is 0.417 e. The lowest BCUT2D eigenvalue weighted by molar-refractivity contribution is -0.137. The molecule has 8 rings (SSSR count). The summed E-state index contributed by atoms with van der Waals surface area (Å²) in [7, 11) is -2.54. The largest absolute Gasteiger partial charge is 0.457 e. The minimum Gasteiger partial charge on any atom is -0.457 e. The first-order valence-corrected chi connectivity index (χ1v) is 32.7. The molecule has 0 bridgehead atoms. The molecule has 0 saturated carbocycles. The summed E-state index contributed by atoms with van der Waals surface area (Å²) in [5.74, 6) is 2.67. The third kappa shape index (κ3) is 26.6. The molecular weight excluding hydrogens is 1010 g/mol. The predicted octanol–water partition coefficient (Wildman–Crippen LogP) is 22.5. The standard InChI is InChI=1S/C16H15F3.C16H18.C14H14O.C8H22OSi2.C8H10.C5H8N2.3CH4/c1-10-4-6-13(12(3)8-10)14-7-5-11(2)9-15(14)16(17,18)19;1-11-5-7-15(9-13(11)3)16-8-6-12(2)14(4)10-16;1-11-3-7-13(8-4-11)15-14-9-5-12(2)6-10-14;1-7-10(3,4)9-11(5,6)8-2;1-7-3-5-8(2)6-4-7;1-4-3-6-5(2)7-4;;;/h4-9H,1-3H3;5-10H,1-4H3;3-10H,1-2H3;7-8H2,1-6H3;3-6H,1-2H3;3H2,1-2H3;3*1H4. The zero-order valence-corrected chi connectivity index (χ0v) is 51.3. The fourth-order valence-electron chi connectivity index (χ4n) is 7.54. The topological polar surface area (TPSA) is 43.2 Å². The number of aliphatic imine (C=N–C) groups is 2. The van der Waals surface area contributed by atoms with Gasteiger partial charge >= 0.3 is 6.18 Å². The van der Waals surface area contributed by atoms with Crippen molar-refractivity contribution in [2.75, 3.05) is 6.54 Å². The second kappa shape index (κ2) is 34.1. The van der Waals surface area contributed by atoms with Crippen LogP contribution >= 0.6 is 0 Å². The lowest BCUT2D eigenvalue weighted by Gasteiger charge is -2.32.